The molecule has 82 valence electrons. The zero-order valence-electron chi connectivity index (χ0n) is 8.86. The Morgan fingerprint density at radius 1 is 1.40 bits per heavy atom. The van der Waals surface area contributed by atoms with Crippen LogP contribution in [0.25, 0.3) is 0 Å². The maximum atomic E-state index is 10.2. The van der Waals surface area contributed by atoms with Crippen LogP contribution in [0.3, 0.4) is 0 Å². The van der Waals surface area contributed by atoms with Crippen LogP contribution >= 0.6 is 0 Å². The number of aromatic nitrogens is 2. The molecule has 15 heavy (non-hydrogen) atoms. The third-order valence-electron chi connectivity index (χ3n) is 1.72. The summed E-state index contributed by atoms with van der Waals surface area (Å²) in [6, 6.07) is 1.89. The highest BCUT2D eigenvalue weighted by Gasteiger charge is 2.01. The van der Waals surface area contributed by atoms with E-state index in [2.05, 4.69) is 9.97 Å². The molecule has 0 amide bonds. The number of carboxylic acids is 1. The van der Waals surface area contributed by atoms with Crippen LogP contribution in [0, 0.1) is 13.8 Å². The zero-order valence-corrected chi connectivity index (χ0v) is 8.86. The molecular formula is C10H14N2O3. The van der Waals surface area contributed by atoms with Gasteiger partial charge in [-0.25, -0.2) is 14.8 Å². The van der Waals surface area contributed by atoms with Gasteiger partial charge in [-0.15, -0.1) is 0 Å². The summed E-state index contributed by atoms with van der Waals surface area (Å²) in [4.78, 5) is 18.6. The third-order valence-corrected chi connectivity index (χ3v) is 1.72. The van der Waals surface area contributed by atoms with Gasteiger partial charge in [0.2, 0.25) is 0 Å². The van der Waals surface area contributed by atoms with Gasteiger partial charge in [0, 0.05) is 17.8 Å². The Balaban J connectivity index is 2.40. The second kappa shape index (κ2) is 5.41. The molecule has 0 aliphatic rings. The molecule has 0 bridgehead atoms. The fraction of sp³-hybridized carbons (Fsp3) is 0.500. The van der Waals surface area contributed by atoms with Crippen molar-refractivity contribution < 1.29 is 14.6 Å². The molecule has 0 saturated heterocycles. The Kier molecular flexibility index (Phi) is 4.17. The van der Waals surface area contributed by atoms with Gasteiger partial charge in [0.05, 0.1) is 6.61 Å². The minimum absolute atomic E-state index is 0.273. The highest BCUT2D eigenvalue weighted by molar-refractivity contribution is 5.67. The molecule has 1 aromatic heterocycles. The van der Waals surface area contributed by atoms with Crippen molar-refractivity contribution in [2.24, 2.45) is 0 Å². The summed E-state index contributed by atoms with van der Waals surface area (Å²) in [5.74, 6) is -0.269. The van der Waals surface area contributed by atoms with E-state index in [1.54, 1.807) is 0 Å². The molecule has 1 heterocycles. The topological polar surface area (TPSA) is 72.3 Å². The normalized spacial score (nSPS) is 10.3. The first-order valence-electron chi connectivity index (χ1n) is 4.68. The van der Waals surface area contributed by atoms with Gasteiger partial charge < -0.3 is 9.84 Å². The maximum absolute atomic E-state index is 10.2. The molecule has 0 aliphatic heterocycles. The lowest BCUT2D eigenvalue weighted by molar-refractivity contribution is -0.142. The summed E-state index contributed by atoms with van der Waals surface area (Å²) < 4.78 is 4.90. The van der Waals surface area contributed by atoms with Crippen LogP contribution in [-0.2, 0) is 16.0 Å². The average Bonchev–Trinajstić information content (AvgIpc) is 2.10. The number of aliphatic carboxylic acids is 1. The van der Waals surface area contributed by atoms with Gasteiger partial charge in [0.25, 0.3) is 0 Å². The maximum Gasteiger partial charge on any atom is 0.329 e. The van der Waals surface area contributed by atoms with Crippen LogP contribution in [0.1, 0.15) is 17.2 Å². The standard InChI is InChI=1S/C10H14N2O3/c1-7-5-8(2)12-9(11-7)3-4-15-6-10(13)14/h5H,3-4,6H2,1-2H3,(H,13,14). The van der Waals surface area contributed by atoms with Crippen molar-refractivity contribution in [3.8, 4) is 0 Å². The Labute approximate surface area is 88.1 Å². The summed E-state index contributed by atoms with van der Waals surface area (Å²) >= 11 is 0. The second-order valence-electron chi connectivity index (χ2n) is 3.26. The minimum Gasteiger partial charge on any atom is -0.480 e. The lowest BCUT2D eigenvalue weighted by atomic mass is 10.3. The van der Waals surface area contributed by atoms with Gasteiger partial charge in [-0.2, -0.15) is 0 Å². The smallest absolute Gasteiger partial charge is 0.329 e. The first-order chi connectivity index (χ1) is 7.08. The Hall–Kier alpha value is -1.49. The molecule has 1 rings (SSSR count). The van der Waals surface area contributed by atoms with Gasteiger partial charge in [-0.05, 0) is 19.9 Å². The van der Waals surface area contributed by atoms with E-state index in [1.165, 1.54) is 0 Å². The molecular weight excluding hydrogens is 196 g/mol. The zero-order chi connectivity index (χ0) is 11.3. The molecule has 0 spiro atoms. The van der Waals surface area contributed by atoms with Gasteiger partial charge in [-0.1, -0.05) is 0 Å². The van der Waals surface area contributed by atoms with Crippen LogP contribution in [0.15, 0.2) is 6.07 Å². The van der Waals surface area contributed by atoms with Crippen LogP contribution in [0.4, 0.5) is 0 Å². The molecule has 0 unspecified atom stereocenters. The average molecular weight is 210 g/mol. The predicted octanol–water partition coefficient (Wildman–Crippen LogP) is 0.737. The molecule has 1 aromatic rings. The number of aryl methyl sites for hydroxylation is 2. The van der Waals surface area contributed by atoms with Crippen molar-refractivity contribution in [3.63, 3.8) is 0 Å². The van der Waals surface area contributed by atoms with E-state index in [0.717, 1.165) is 11.4 Å². The van der Waals surface area contributed by atoms with Crippen molar-refractivity contribution >= 4 is 5.97 Å². The molecule has 0 atom stereocenters. The lowest BCUT2D eigenvalue weighted by Crippen LogP contribution is -2.10. The number of ether oxygens (including phenoxy) is 1. The summed E-state index contributed by atoms with van der Waals surface area (Å²) in [5, 5.41) is 8.34. The van der Waals surface area contributed by atoms with Crippen molar-refractivity contribution in [1.82, 2.24) is 9.97 Å². The van der Waals surface area contributed by atoms with Crippen LogP contribution in [-0.4, -0.2) is 34.3 Å². The Morgan fingerprint density at radius 3 is 2.53 bits per heavy atom. The van der Waals surface area contributed by atoms with Crippen molar-refractivity contribution in [2.45, 2.75) is 20.3 Å². The van der Waals surface area contributed by atoms with E-state index >= 15 is 0 Å². The first kappa shape index (κ1) is 11.6. The van der Waals surface area contributed by atoms with Gasteiger partial charge in [0.1, 0.15) is 12.4 Å². The molecule has 0 aromatic carbocycles. The van der Waals surface area contributed by atoms with Crippen molar-refractivity contribution in [1.29, 1.82) is 0 Å². The number of carboxylic acid groups (broad SMARTS) is 1. The number of nitrogens with zero attached hydrogens (tertiary/aromatic N) is 2. The van der Waals surface area contributed by atoms with E-state index in [9.17, 15) is 4.79 Å². The Morgan fingerprint density at radius 2 is 2.00 bits per heavy atom. The number of hydrogen-bond donors (Lipinski definition) is 1. The monoisotopic (exact) mass is 210 g/mol. The molecule has 1 N–H and O–H groups in total. The van der Waals surface area contributed by atoms with Gasteiger partial charge >= 0.3 is 5.97 Å². The van der Waals surface area contributed by atoms with E-state index in [1.807, 2.05) is 19.9 Å². The Bertz CT molecular complexity index is 332. The van der Waals surface area contributed by atoms with E-state index < -0.39 is 5.97 Å². The molecule has 0 saturated carbocycles. The molecule has 5 heteroatoms. The summed E-state index contributed by atoms with van der Waals surface area (Å²) in [6.07, 6.45) is 0.538. The SMILES string of the molecule is Cc1cc(C)nc(CCOCC(=O)O)n1. The highest BCUT2D eigenvalue weighted by atomic mass is 16.5. The highest BCUT2D eigenvalue weighted by Crippen LogP contribution is 1.99. The van der Waals surface area contributed by atoms with E-state index in [0.29, 0.717) is 18.9 Å². The fourth-order valence-electron chi connectivity index (χ4n) is 1.23. The minimum atomic E-state index is -0.962. The van der Waals surface area contributed by atoms with E-state index in [-0.39, 0.29) is 6.61 Å². The quantitative estimate of drug-likeness (QED) is 0.725. The summed E-state index contributed by atoms with van der Waals surface area (Å²) in [5.41, 5.74) is 1.83. The molecule has 5 nitrogen and oxygen atoms in total. The van der Waals surface area contributed by atoms with Crippen molar-refractivity contribution in [3.05, 3.63) is 23.3 Å². The summed E-state index contributed by atoms with van der Waals surface area (Å²) in [6.45, 7) is 3.85. The van der Waals surface area contributed by atoms with Crippen molar-refractivity contribution in [2.75, 3.05) is 13.2 Å². The first-order valence-corrected chi connectivity index (χ1v) is 4.68. The van der Waals surface area contributed by atoms with Crippen LogP contribution < -0.4 is 0 Å². The fourth-order valence-corrected chi connectivity index (χ4v) is 1.23. The predicted molar refractivity (Wildman–Crippen MR) is 53.7 cm³/mol. The number of rotatable bonds is 5. The van der Waals surface area contributed by atoms with Gasteiger partial charge in [-0.3, -0.25) is 0 Å². The molecule has 0 radical (unpaired) electrons. The summed E-state index contributed by atoms with van der Waals surface area (Å²) in [7, 11) is 0. The largest absolute Gasteiger partial charge is 0.480 e. The lowest BCUT2D eigenvalue weighted by Gasteiger charge is -2.03. The second-order valence-corrected chi connectivity index (χ2v) is 3.26. The van der Waals surface area contributed by atoms with Gasteiger partial charge in [0.15, 0.2) is 0 Å². The molecule has 0 aliphatic carbocycles. The molecule has 0 fully saturated rings. The van der Waals surface area contributed by atoms with Crippen LogP contribution in [0.2, 0.25) is 0 Å². The van der Waals surface area contributed by atoms with E-state index in [4.69, 9.17) is 9.84 Å². The third kappa shape index (κ3) is 4.51. The number of hydrogen-bond acceptors (Lipinski definition) is 4. The number of carbonyl (C=O) groups is 1. The van der Waals surface area contributed by atoms with Crippen LogP contribution in [0.5, 0.6) is 0 Å².